The lowest BCUT2D eigenvalue weighted by molar-refractivity contribution is -0.00399. The molecule has 1 saturated carbocycles. The summed E-state index contributed by atoms with van der Waals surface area (Å²) in [6, 6.07) is 2.52. The minimum atomic E-state index is -3.75. The molecule has 10 nitrogen and oxygen atoms in total. The number of aliphatic hydroxyl groups excluding tert-OH is 1. The molecule has 1 aliphatic heterocycles. The summed E-state index contributed by atoms with van der Waals surface area (Å²) < 4.78 is 45.0. The number of amides is 1. The fourth-order valence-corrected chi connectivity index (χ4v) is 5.45. The van der Waals surface area contributed by atoms with Crippen molar-refractivity contribution in [2.75, 3.05) is 36.2 Å². The number of carbonyl (C=O) groups is 1. The number of anilines is 2. The van der Waals surface area contributed by atoms with Crippen LogP contribution in [0.4, 0.5) is 20.7 Å². The van der Waals surface area contributed by atoms with E-state index in [0.29, 0.717) is 41.6 Å². The summed E-state index contributed by atoms with van der Waals surface area (Å²) in [5, 5.41) is 10.6. The van der Waals surface area contributed by atoms with Crippen LogP contribution in [0.1, 0.15) is 27.2 Å². The highest BCUT2D eigenvalue weighted by molar-refractivity contribution is 7.90. The SMILES string of the molecule is CN(C(=O)OC(C)(C)C)c1cc(F)cc2c1[nH]c1nc(S(C)(=O)=O)nc(N3CC4CC(O)C4C3)c12. The Hall–Kier alpha value is -2.99. The van der Waals surface area contributed by atoms with E-state index >= 15 is 0 Å². The maximum Gasteiger partial charge on any atom is 0.414 e. The first-order chi connectivity index (χ1) is 16.2. The topological polar surface area (TPSA) is 129 Å². The second-order valence-corrected chi connectivity index (χ2v) is 12.4. The summed E-state index contributed by atoms with van der Waals surface area (Å²) in [6.07, 6.45) is 0.642. The van der Waals surface area contributed by atoms with E-state index in [0.717, 1.165) is 6.26 Å². The Morgan fingerprint density at radius 2 is 2.00 bits per heavy atom. The van der Waals surface area contributed by atoms with Gasteiger partial charge in [-0.05, 0) is 45.2 Å². The van der Waals surface area contributed by atoms with Gasteiger partial charge in [0.25, 0.3) is 5.16 Å². The van der Waals surface area contributed by atoms with Gasteiger partial charge in [0.15, 0.2) is 0 Å². The van der Waals surface area contributed by atoms with Gasteiger partial charge < -0.3 is 19.7 Å². The number of nitrogens with one attached hydrogen (secondary N) is 1. The number of H-pyrrole nitrogens is 1. The van der Waals surface area contributed by atoms with Crippen LogP contribution in [0.3, 0.4) is 0 Å². The minimum absolute atomic E-state index is 0.0810. The third-order valence-electron chi connectivity index (χ3n) is 6.65. The zero-order valence-electron chi connectivity index (χ0n) is 20.2. The quantitative estimate of drug-likeness (QED) is 0.520. The number of aromatic amines is 1. The second-order valence-electron chi connectivity index (χ2n) is 10.5. The van der Waals surface area contributed by atoms with Crippen molar-refractivity contribution in [1.29, 1.82) is 0 Å². The van der Waals surface area contributed by atoms with E-state index in [1.165, 1.54) is 24.1 Å². The Kier molecular flexibility index (Phi) is 5.26. The number of benzene rings is 1. The van der Waals surface area contributed by atoms with E-state index < -0.39 is 33.5 Å². The van der Waals surface area contributed by atoms with Gasteiger partial charge in [0.1, 0.15) is 22.9 Å². The summed E-state index contributed by atoms with van der Waals surface area (Å²) in [7, 11) is -2.28. The van der Waals surface area contributed by atoms with Crippen molar-refractivity contribution >= 4 is 49.4 Å². The second kappa shape index (κ2) is 7.76. The zero-order valence-corrected chi connectivity index (χ0v) is 21.0. The molecular formula is C23H28FN5O5S. The normalized spacial score (nSPS) is 22.4. The highest BCUT2D eigenvalue weighted by Gasteiger charge is 2.47. The Morgan fingerprint density at radius 1 is 1.29 bits per heavy atom. The molecule has 3 aromatic rings. The molecular weight excluding hydrogens is 477 g/mol. The number of ether oxygens (including phenoxy) is 1. The van der Waals surface area contributed by atoms with Crippen LogP contribution in [0.5, 0.6) is 0 Å². The van der Waals surface area contributed by atoms with Gasteiger partial charge in [-0.1, -0.05) is 0 Å². The number of nitrogens with zero attached hydrogens (tertiary/aromatic N) is 4. The molecule has 1 amide bonds. The number of rotatable bonds is 3. The fraction of sp³-hybridized carbons (Fsp3) is 0.522. The van der Waals surface area contributed by atoms with E-state index in [9.17, 15) is 22.7 Å². The lowest BCUT2D eigenvalue weighted by atomic mass is 9.74. The summed E-state index contributed by atoms with van der Waals surface area (Å²) >= 11 is 0. The fourth-order valence-electron chi connectivity index (χ4n) is 4.94. The van der Waals surface area contributed by atoms with Gasteiger partial charge in [-0.15, -0.1) is 0 Å². The number of halogens is 1. The van der Waals surface area contributed by atoms with Gasteiger partial charge in [-0.25, -0.2) is 22.6 Å². The summed E-state index contributed by atoms with van der Waals surface area (Å²) in [4.78, 5) is 27.6. The van der Waals surface area contributed by atoms with Gasteiger partial charge in [0.2, 0.25) is 9.84 Å². The number of hydrogen-bond donors (Lipinski definition) is 2. The molecule has 35 heavy (non-hydrogen) atoms. The van der Waals surface area contributed by atoms with Gasteiger partial charge in [-0.3, -0.25) is 4.90 Å². The van der Waals surface area contributed by atoms with E-state index in [1.807, 2.05) is 4.90 Å². The van der Waals surface area contributed by atoms with Crippen molar-refractivity contribution in [2.45, 2.75) is 44.1 Å². The minimum Gasteiger partial charge on any atom is -0.443 e. The van der Waals surface area contributed by atoms with Gasteiger partial charge in [0.05, 0.1) is 22.7 Å². The molecule has 0 spiro atoms. The third-order valence-corrected chi connectivity index (χ3v) is 7.50. The molecule has 0 radical (unpaired) electrons. The van der Waals surface area contributed by atoms with Gasteiger partial charge in [0, 0.05) is 37.7 Å². The molecule has 1 aromatic carbocycles. The lowest BCUT2D eigenvalue weighted by Gasteiger charge is -2.34. The van der Waals surface area contributed by atoms with Crippen LogP contribution in [0.15, 0.2) is 17.3 Å². The molecule has 3 unspecified atom stereocenters. The average molecular weight is 506 g/mol. The van der Waals surface area contributed by atoms with Gasteiger partial charge >= 0.3 is 6.09 Å². The van der Waals surface area contributed by atoms with E-state index in [1.54, 1.807) is 20.8 Å². The standard InChI is InChI=1S/C23H28FN5O5S/c1-23(2,3)34-22(31)28(4)15-8-12(24)7-13-17-19(25-18(13)15)26-21(35(5,32)33)27-20(17)29-9-11-6-16(30)14(11)10-29/h7-8,11,14,16,30H,6,9-10H2,1-5H3,(H,25,26,27). The Bertz CT molecular complexity index is 1460. The van der Waals surface area contributed by atoms with Crippen molar-refractivity contribution in [3.05, 3.63) is 17.9 Å². The van der Waals surface area contributed by atoms with Crippen LogP contribution in [-0.2, 0) is 14.6 Å². The Labute approximate surface area is 202 Å². The first-order valence-corrected chi connectivity index (χ1v) is 13.2. The highest BCUT2D eigenvalue weighted by atomic mass is 32.2. The predicted octanol–water partition coefficient (Wildman–Crippen LogP) is 2.84. The van der Waals surface area contributed by atoms with E-state index in [4.69, 9.17) is 4.74 Å². The monoisotopic (exact) mass is 505 g/mol. The van der Waals surface area contributed by atoms with Crippen LogP contribution in [0.2, 0.25) is 0 Å². The number of sulfone groups is 1. The Morgan fingerprint density at radius 3 is 2.60 bits per heavy atom. The molecule has 188 valence electrons. The van der Waals surface area contributed by atoms with Crippen molar-refractivity contribution < 1.29 is 27.4 Å². The molecule has 3 heterocycles. The zero-order chi connectivity index (χ0) is 25.4. The summed E-state index contributed by atoms with van der Waals surface area (Å²) in [5.41, 5.74) is 0.0878. The molecule has 3 atom stereocenters. The predicted molar refractivity (Wildman–Crippen MR) is 129 cm³/mol. The smallest absolute Gasteiger partial charge is 0.414 e. The number of aliphatic hydroxyl groups is 1. The Balaban J connectivity index is 1.72. The number of carbonyl (C=O) groups excluding carboxylic acids is 1. The molecule has 2 aromatic heterocycles. The maximum atomic E-state index is 14.9. The van der Waals surface area contributed by atoms with E-state index in [-0.39, 0.29) is 28.3 Å². The lowest BCUT2D eigenvalue weighted by Crippen LogP contribution is -2.39. The molecule has 1 saturated heterocycles. The molecule has 2 N–H and O–H groups in total. The number of aromatic nitrogens is 3. The van der Waals surface area contributed by atoms with Crippen LogP contribution >= 0.6 is 0 Å². The summed E-state index contributed by atoms with van der Waals surface area (Å²) in [6.45, 7) is 6.31. The molecule has 0 bridgehead atoms. The molecule has 2 fully saturated rings. The van der Waals surface area contributed by atoms with Crippen LogP contribution in [0.25, 0.3) is 21.9 Å². The third kappa shape index (κ3) is 4.08. The van der Waals surface area contributed by atoms with Crippen molar-refractivity contribution in [3.63, 3.8) is 0 Å². The van der Waals surface area contributed by atoms with E-state index in [2.05, 4.69) is 15.0 Å². The average Bonchev–Trinajstić information content (AvgIpc) is 3.27. The largest absolute Gasteiger partial charge is 0.443 e. The molecule has 12 heteroatoms. The first-order valence-electron chi connectivity index (χ1n) is 11.4. The molecule has 2 aliphatic rings. The van der Waals surface area contributed by atoms with Crippen molar-refractivity contribution in [3.8, 4) is 0 Å². The maximum absolute atomic E-state index is 14.9. The molecule has 1 aliphatic carbocycles. The van der Waals surface area contributed by atoms with Gasteiger partial charge in [-0.2, -0.15) is 4.98 Å². The van der Waals surface area contributed by atoms with Crippen LogP contribution in [-0.4, -0.2) is 72.7 Å². The van der Waals surface area contributed by atoms with Crippen LogP contribution in [0, 0.1) is 17.7 Å². The van der Waals surface area contributed by atoms with Crippen molar-refractivity contribution in [1.82, 2.24) is 15.0 Å². The first kappa shape index (κ1) is 23.7. The summed E-state index contributed by atoms with van der Waals surface area (Å²) in [5.74, 6) is 0.142. The number of hydrogen-bond acceptors (Lipinski definition) is 8. The highest BCUT2D eigenvalue weighted by Crippen LogP contribution is 2.45. The molecule has 5 rings (SSSR count). The van der Waals surface area contributed by atoms with Crippen LogP contribution < -0.4 is 9.80 Å². The van der Waals surface area contributed by atoms with Crippen molar-refractivity contribution in [2.24, 2.45) is 11.8 Å². The number of fused-ring (bicyclic) bond motifs is 4.